The van der Waals surface area contributed by atoms with Gasteiger partial charge in [-0.15, -0.1) is 0 Å². The van der Waals surface area contributed by atoms with E-state index in [1.165, 1.54) is 24.3 Å². The van der Waals surface area contributed by atoms with Crippen LogP contribution in [0, 0.1) is 0 Å². The number of benzene rings is 1. The van der Waals surface area contributed by atoms with Crippen LogP contribution in [0.3, 0.4) is 0 Å². The first-order valence-electron chi connectivity index (χ1n) is 7.44. The van der Waals surface area contributed by atoms with E-state index in [4.69, 9.17) is 21.7 Å². The number of rotatable bonds is 9. The average Bonchev–Trinajstić information content (AvgIpc) is 2.55. The van der Waals surface area contributed by atoms with Crippen LogP contribution in [-0.4, -0.2) is 53.1 Å². The first kappa shape index (κ1) is 19.7. The molecule has 1 rings (SSSR count). The van der Waals surface area contributed by atoms with Crippen molar-refractivity contribution >= 4 is 23.7 Å². The van der Waals surface area contributed by atoms with E-state index in [1.54, 1.807) is 0 Å². The first-order chi connectivity index (χ1) is 11.8. The van der Waals surface area contributed by atoms with Crippen LogP contribution in [0.15, 0.2) is 29.3 Å². The Morgan fingerprint density at radius 1 is 1.16 bits per heavy atom. The van der Waals surface area contributed by atoms with Crippen molar-refractivity contribution in [2.24, 2.45) is 16.5 Å². The molecule has 1 atom stereocenters. The number of hydrogen-bond donors (Lipinski definition) is 6. The Bertz CT molecular complexity index is 640. The van der Waals surface area contributed by atoms with Gasteiger partial charge in [0.2, 0.25) is 5.91 Å². The molecule has 0 aromatic heterocycles. The number of nitrogens with zero attached hydrogens (tertiary/aromatic N) is 1. The number of aliphatic imine (C=N–C) groups is 1. The number of carboxylic acid groups (broad SMARTS) is 1. The third-order valence-electron chi connectivity index (χ3n) is 3.12. The van der Waals surface area contributed by atoms with Gasteiger partial charge in [0.05, 0.1) is 6.54 Å². The molecule has 0 aliphatic carbocycles. The summed E-state index contributed by atoms with van der Waals surface area (Å²) in [4.78, 5) is 38.5. The summed E-state index contributed by atoms with van der Waals surface area (Å²) in [5, 5.41) is 22.9. The molecule has 25 heavy (non-hydrogen) atoms. The van der Waals surface area contributed by atoms with E-state index in [-0.39, 0.29) is 36.8 Å². The Morgan fingerprint density at radius 3 is 2.36 bits per heavy atom. The number of guanidine groups is 1. The summed E-state index contributed by atoms with van der Waals surface area (Å²) in [5.41, 5.74) is 10.6. The SMILES string of the molecule is NC(N)=NCCCC(NC(=O)CNC(=O)c1ccc(O)cc1)C(=O)O. The van der Waals surface area contributed by atoms with Gasteiger partial charge in [0.25, 0.3) is 5.91 Å². The molecule has 1 aromatic rings. The molecular weight excluding hydrogens is 330 g/mol. The van der Waals surface area contributed by atoms with Crippen molar-refractivity contribution in [2.75, 3.05) is 13.1 Å². The molecule has 0 aliphatic heterocycles. The predicted octanol–water partition coefficient (Wildman–Crippen LogP) is -1.25. The molecule has 1 aromatic carbocycles. The largest absolute Gasteiger partial charge is 0.508 e. The number of amides is 2. The second-order valence-electron chi connectivity index (χ2n) is 5.14. The fourth-order valence-corrected chi connectivity index (χ4v) is 1.88. The summed E-state index contributed by atoms with van der Waals surface area (Å²) < 4.78 is 0. The van der Waals surface area contributed by atoms with Crippen LogP contribution in [0.25, 0.3) is 0 Å². The number of phenolic OH excluding ortho intramolecular Hbond substituents is 1. The highest BCUT2D eigenvalue weighted by Gasteiger charge is 2.19. The van der Waals surface area contributed by atoms with Crippen molar-refractivity contribution in [3.05, 3.63) is 29.8 Å². The lowest BCUT2D eigenvalue weighted by Crippen LogP contribution is -2.45. The van der Waals surface area contributed by atoms with E-state index in [2.05, 4.69) is 15.6 Å². The van der Waals surface area contributed by atoms with E-state index >= 15 is 0 Å². The van der Waals surface area contributed by atoms with Crippen molar-refractivity contribution in [1.82, 2.24) is 10.6 Å². The smallest absolute Gasteiger partial charge is 0.326 e. The molecule has 0 saturated carbocycles. The summed E-state index contributed by atoms with van der Waals surface area (Å²) in [7, 11) is 0. The van der Waals surface area contributed by atoms with Gasteiger partial charge >= 0.3 is 5.97 Å². The number of carbonyl (C=O) groups excluding carboxylic acids is 2. The van der Waals surface area contributed by atoms with Crippen LogP contribution in [0.5, 0.6) is 5.75 Å². The summed E-state index contributed by atoms with van der Waals surface area (Å²) in [5.74, 6) is -2.42. The molecule has 1 unspecified atom stereocenters. The zero-order valence-electron chi connectivity index (χ0n) is 13.4. The molecule has 0 spiro atoms. The third-order valence-corrected chi connectivity index (χ3v) is 3.12. The van der Waals surface area contributed by atoms with E-state index in [1.807, 2.05) is 0 Å². The van der Waals surface area contributed by atoms with Crippen molar-refractivity contribution < 1.29 is 24.6 Å². The van der Waals surface area contributed by atoms with Crippen LogP contribution >= 0.6 is 0 Å². The van der Waals surface area contributed by atoms with Gasteiger partial charge in [-0.2, -0.15) is 0 Å². The number of nitrogens with two attached hydrogens (primary N) is 2. The Morgan fingerprint density at radius 2 is 1.80 bits per heavy atom. The number of aromatic hydroxyl groups is 1. The standard InChI is InChI=1S/C15H21N5O5/c16-15(17)18-7-1-2-11(14(24)25)20-12(22)8-19-13(23)9-3-5-10(21)6-4-9/h3-6,11,21H,1-2,7-8H2,(H,19,23)(H,20,22)(H,24,25)(H4,16,17,18). The molecule has 0 fully saturated rings. The minimum atomic E-state index is -1.19. The van der Waals surface area contributed by atoms with E-state index in [0.717, 1.165) is 0 Å². The number of aliphatic carboxylic acids is 1. The zero-order chi connectivity index (χ0) is 18.8. The number of carbonyl (C=O) groups is 3. The Labute approximate surface area is 143 Å². The van der Waals surface area contributed by atoms with Gasteiger partial charge in [0.15, 0.2) is 5.96 Å². The second kappa shape index (κ2) is 9.75. The molecule has 0 aliphatic rings. The fourth-order valence-electron chi connectivity index (χ4n) is 1.88. The molecule has 10 heteroatoms. The molecule has 8 N–H and O–H groups in total. The zero-order valence-corrected chi connectivity index (χ0v) is 13.4. The van der Waals surface area contributed by atoms with Crippen LogP contribution in [0.4, 0.5) is 0 Å². The lowest BCUT2D eigenvalue weighted by Gasteiger charge is -2.14. The van der Waals surface area contributed by atoms with Gasteiger partial charge in [-0.25, -0.2) is 4.79 Å². The van der Waals surface area contributed by atoms with Crippen molar-refractivity contribution in [2.45, 2.75) is 18.9 Å². The van der Waals surface area contributed by atoms with Gasteiger partial charge in [0, 0.05) is 12.1 Å². The van der Waals surface area contributed by atoms with E-state index < -0.39 is 23.8 Å². The maximum Gasteiger partial charge on any atom is 0.326 e. The number of nitrogens with one attached hydrogen (secondary N) is 2. The molecule has 2 amide bonds. The van der Waals surface area contributed by atoms with Gasteiger partial charge in [-0.05, 0) is 37.1 Å². The quantitative estimate of drug-likeness (QED) is 0.182. The highest BCUT2D eigenvalue weighted by atomic mass is 16.4. The van der Waals surface area contributed by atoms with Crippen LogP contribution in [0.1, 0.15) is 23.2 Å². The third kappa shape index (κ3) is 7.68. The van der Waals surface area contributed by atoms with Gasteiger partial charge in [-0.3, -0.25) is 14.6 Å². The Kier molecular flexibility index (Phi) is 7.70. The number of phenols is 1. The lowest BCUT2D eigenvalue weighted by molar-refractivity contribution is -0.141. The highest BCUT2D eigenvalue weighted by Crippen LogP contribution is 2.09. The summed E-state index contributed by atoms with van der Waals surface area (Å²) in [6.07, 6.45) is 0.513. The van der Waals surface area contributed by atoms with E-state index in [0.29, 0.717) is 6.42 Å². The summed E-state index contributed by atoms with van der Waals surface area (Å²) in [6, 6.07) is 4.36. The topological polar surface area (TPSA) is 180 Å². The monoisotopic (exact) mass is 351 g/mol. The molecule has 136 valence electrons. The van der Waals surface area contributed by atoms with Crippen molar-refractivity contribution in [3.8, 4) is 5.75 Å². The van der Waals surface area contributed by atoms with E-state index in [9.17, 15) is 14.4 Å². The van der Waals surface area contributed by atoms with Gasteiger partial charge in [0.1, 0.15) is 11.8 Å². The second-order valence-corrected chi connectivity index (χ2v) is 5.14. The first-order valence-corrected chi connectivity index (χ1v) is 7.44. The Balaban J connectivity index is 2.43. The minimum absolute atomic E-state index is 0.0133. The van der Waals surface area contributed by atoms with Crippen LogP contribution in [-0.2, 0) is 9.59 Å². The van der Waals surface area contributed by atoms with Gasteiger partial charge in [-0.1, -0.05) is 0 Å². The van der Waals surface area contributed by atoms with Crippen LogP contribution < -0.4 is 22.1 Å². The molecule has 0 radical (unpaired) electrons. The van der Waals surface area contributed by atoms with Gasteiger partial charge < -0.3 is 32.3 Å². The minimum Gasteiger partial charge on any atom is -0.508 e. The number of hydrogen-bond acceptors (Lipinski definition) is 5. The fraction of sp³-hybridized carbons (Fsp3) is 0.333. The molecule has 10 nitrogen and oxygen atoms in total. The highest BCUT2D eigenvalue weighted by molar-refractivity contribution is 5.96. The molecule has 0 bridgehead atoms. The van der Waals surface area contributed by atoms with Crippen molar-refractivity contribution in [1.29, 1.82) is 0 Å². The maximum absolute atomic E-state index is 11.8. The predicted molar refractivity (Wildman–Crippen MR) is 89.9 cm³/mol. The molecule has 0 heterocycles. The van der Waals surface area contributed by atoms with Crippen LogP contribution in [0.2, 0.25) is 0 Å². The molecular formula is C15H21N5O5. The molecule has 0 saturated heterocycles. The Hall–Kier alpha value is -3.30. The number of carboxylic acids is 1. The van der Waals surface area contributed by atoms with Crippen molar-refractivity contribution in [3.63, 3.8) is 0 Å². The normalized spacial score (nSPS) is 11.2. The maximum atomic E-state index is 11.8. The average molecular weight is 351 g/mol. The summed E-state index contributed by atoms with van der Waals surface area (Å²) in [6.45, 7) is -0.128. The summed E-state index contributed by atoms with van der Waals surface area (Å²) >= 11 is 0. The lowest BCUT2D eigenvalue weighted by atomic mass is 10.1.